The first-order valence-electron chi connectivity index (χ1n) is 13.6. The molecule has 2 aliphatic heterocycles. The van der Waals surface area contributed by atoms with E-state index in [1.165, 1.54) is 5.56 Å². The van der Waals surface area contributed by atoms with E-state index in [0.717, 1.165) is 55.7 Å². The van der Waals surface area contributed by atoms with Gasteiger partial charge in [-0.2, -0.15) is 0 Å². The van der Waals surface area contributed by atoms with Gasteiger partial charge in [0.05, 0.1) is 17.2 Å². The normalized spacial score (nSPS) is 17.4. The largest absolute Gasteiger partial charge is 0.491 e. The molecule has 2 saturated heterocycles. The van der Waals surface area contributed by atoms with Crippen molar-refractivity contribution in [2.45, 2.75) is 45.3 Å². The Morgan fingerprint density at radius 2 is 1.68 bits per heavy atom. The average molecular weight is 537 g/mol. The van der Waals surface area contributed by atoms with Crippen molar-refractivity contribution in [2.24, 2.45) is 0 Å². The number of hydrogen-bond donors (Lipinski definition) is 0. The zero-order valence-corrected chi connectivity index (χ0v) is 23.3. The number of benzene rings is 2. The Hall–Kier alpha value is -3.03. The van der Waals surface area contributed by atoms with Crippen LogP contribution in [0.4, 0.5) is 0 Å². The minimum Gasteiger partial charge on any atom is -0.491 e. The van der Waals surface area contributed by atoms with Crippen molar-refractivity contribution in [2.75, 3.05) is 46.3 Å². The number of aromatic nitrogens is 1. The van der Waals surface area contributed by atoms with Gasteiger partial charge in [-0.05, 0) is 63.4 Å². The fourth-order valence-corrected chi connectivity index (χ4v) is 5.78. The Kier molecular flexibility index (Phi) is 7.96. The van der Waals surface area contributed by atoms with E-state index in [-0.39, 0.29) is 24.5 Å². The van der Waals surface area contributed by atoms with Gasteiger partial charge in [0.1, 0.15) is 12.3 Å². The quantitative estimate of drug-likeness (QED) is 0.451. The number of piperazine rings is 1. The molecule has 2 amide bonds. The molecule has 0 radical (unpaired) electrons. The third-order valence-corrected chi connectivity index (χ3v) is 7.98. The molecule has 3 aromatic rings. The molecule has 1 aromatic heterocycles. The summed E-state index contributed by atoms with van der Waals surface area (Å²) in [6.45, 7) is 8.83. The van der Waals surface area contributed by atoms with E-state index in [1.54, 1.807) is 0 Å². The second-order valence-corrected chi connectivity index (χ2v) is 11.2. The van der Waals surface area contributed by atoms with Crippen LogP contribution < -0.4 is 4.74 Å². The summed E-state index contributed by atoms with van der Waals surface area (Å²) in [6, 6.07) is 13.8. The molecule has 5 rings (SSSR count). The smallest absolute Gasteiger partial charge is 0.256 e. The number of rotatable bonds is 6. The van der Waals surface area contributed by atoms with Crippen LogP contribution in [0.1, 0.15) is 48.5 Å². The standard InChI is InChI=1S/C30H37ClN4O3/c1-21(2)38-28-7-5-4-6-24(28)22-10-12-34(13-11-22)30(37)26-19-35(27-18-23(31)8-9-25(26)27)20-29(36)33-16-14-32(3)15-17-33/h4-9,18-19,21-22H,10-17,20H2,1-3H3. The summed E-state index contributed by atoms with van der Waals surface area (Å²) in [7, 11) is 2.07. The van der Waals surface area contributed by atoms with Crippen molar-refractivity contribution in [3.8, 4) is 5.75 Å². The molecule has 0 N–H and O–H groups in total. The minimum absolute atomic E-state index is 0.00767. The van der Waals surface area contributed by atoms with Crippen LogP contribution in [0, 0.1) is 0 Å². The fraction of sp³-hybridized carbons (Fsp3) is 0.467. The van der Waals surface area contributed by atoms with Crippen LogP contribution in [-0.2, 0) is 11.3 Å². The monoisotopic (exact) mass is 536 g/mol. The van der Waals surface area contributed by atoms with E-state index in [9.17, 15) is 9.59 Å². The molecule has 0 saturated carbocycles. The molecule has 2 aliphatic rings. The van der Waals surface area contributed by atoms with Crippen LogP contribution in [0.2, 0.25) is 5.02 Å². The van der Waals surface area contributed by atoms with Gasteiger partial charge >= 0.3 is 0 Å². The predicted octanol–water partition coefficient (Wildman–Crippen LogP) is 4.88. The van der Waals surface area contributed by atoms with Crippen LogP contribution in [0.5, 0.6) is 5.75 Å². The second kappa shape index (κ2) is 11.4. The van der Waals surface area contributed by atoms with Crippen LogP contribution in [-0.4, -0.2) is 83.5 Å². The molecule has 2 fully saturated rings. The number of para-hydroxylation sites is 1. The summed E-state index contributed by atoms with van der Waals surface area (Å²) >= 11 is 6.33. The van der Waals surface area contributed by atoms with E-state index >= 15 is 0 Å². The number of likely N-dealkylation sites (tertiary alicyclic amines) is 1. The third kappa shape index (κ3) is 5.69. The molecule has 7 nitrogen and oxygen atoms in total. The summed E-state index contributed by atoms with van der Waals surface area (Å²) in [5.74, 6) is 1.37. The van der Waals surface area contributed by atoms with Gasteiger partial charge in [0.15, 0.2) is 0 Å². The summed E-state index contributed by atoms with van der Waals surface area (Å²) in [6.07, 6.45) is 3.73. The number of nitrogens with zero attached hydrogens (tertiary/aromatic N) is 4. The number of carbonyl (C=O) groups is 2. The summed E-state index contributed by atoms with van der Waals surface area (Å²) < 4.78 is 7.95. The zero-order valence-electron chi connectivity index (χ0n) is 22.5. The zero-order chi connectivity index (χ0) is 26.8. The summed E-state index contributed by atoms with van der Waals surface area (Å²) in [5, 5.41) is 1.43. The second-order valence-electron chi connectivity index (χ2n) is 10.8. The predicted molar refractivity (Wildman–Crippen MR) is 151 cm³/mol. The van der Waals surface area contributed by atoms with Crippen molar-refractivity contribution in [3.63, 3.8) is 0 Å². The van der Waals surface area contributed by atoms with Gasteiger partial charge in [-0.3, -0.25) is 9.59 Å². The molecular weight excluding hydrogens is 500 g/mol. The van der Waals surface area contributed by atoms with Crippen molar-refractivity contribution >= 4 is 34.3 Å². The van der Waals surface area contributed by atoms with Crippen molar-refractivity contribution in [3.05, 3.63) is 64.8 Å². The van der Waals surface area contributed by atoms with Crippen LogP contribution in [0.25, 0.3) is 10.9 Å². The lowest BCUT2D eigenvalue weighted by Gasteiger charge is -2.33. The first-order chi connectivity index (χ1) is 18.3. The lowest BCUT2D eigenvalue weighted by Crippen LogP contribution is -2.48. The molecule has 0 spiro atoms. The number of fused-ring (bicyclic) bond motifs is 1. The Balaban J connectivity index is 1.32. The van der Waals surface area contributed by atoms with Gasteiger partial charge in [0, 0.05) is 55.9 Å². The van der Waals surface area contributed by atoms with Gasteiger partial charge in [-0.25, -0.2) is 0 Å². The van der Waals surface area contributed by atoms with E-state index in [0.29, 0.717) is 29.6 Å². The molecule has 0 unspecified atom stereocenters. The summed E-state index contributed by atoms with van der Waals surface area (Å²) in [4.78, 5) is 32.9. The minimum atomic E-state index is 0.00767. The molecule has 3 heterocycles. The Bertz CT molecular complexity index is 1300. The van der Waals surface area contributed by atoms with Gasteiger partial charge < -0.3 is 24.0 Å². The number of halogens is 1. The molecule has 0 aliphatic carbocycles. The van der Waals surface area contributed by atoms with Crippen molar-refractivity contribution < 1.29 is 14.3 Å². The van der Waals surface area contributed by atoms with Crippen LogP contribution in [0.15, 0.2) is 48.7 Å². The Morgan fingerprint density at radius 3 is 2.39 bits per heavy atom. The van der Waals surface area contributed by atoms with Crippen LogP contribution >= 0.6 is 11.6 Å². The first-order valence-corrected chi connectivity index (χ1v) is 14.0. The van der Waals surface area contributed by atoms with Gasteiger partial charge in [0.2, 0.25) is 5.91 Å². The molecule has 2 aromatic carbocycles. The molecule has 0 atom stereocenters. The van der Waals surface area contributed by atoms with Gasteiger partial charge in [-0.15, -0.1) is 0 Å². The number of amides is 2. The lowest BCUT2D eigenvalue weighted by atomic mass is 9.88. The Morgan fingerprint density at radius 1 is 0.974 bits per heavy atom. The highest BCUT2D eigenvalue weighted by atomic mass is 35.5. The molecule has 0 bridgehead atoms. The summed E-state index contributed by atoms with van der Waals surface area (Å²) in [5.41, 5.74) is 2.67. The van der Waals surface area contributed by atoms with E-state index in [2.05, 4.69) is 24.1 Å². The highest BCUT2D eigenvalue weighted by molar-refractivity contribution is 6.31. The SMILES string of the molecule is CC(C)Oc1ccccc1C1CCN(C(=O)c2cn(CC(=O)N3CCN(C)CC3)c3cc(Cl)ccc23)CC1. The average Bonchev–Trinajstić information content (AvgIpc) is 3.26. The van der Waals surface area contributed by atoms with E-state index in [4.69, 9.17) is 16.3 Å². The third-order valence-electron chi connectivity index (χ3n) is 7.74. The highest BCUT2D eigenvalue weighted by Crippen LogP contribution is 2.35. The van der Waals surface area contributed by atoms with Crippen LogP contribution in [0.3, 0.4) is 0 Å². The molecular formula is C30H37ClN4O3. The maximum atomic E-state index is 13.7. The lowest BCUT2D eigenvalue weighted by molar-refractivity contribution is -0.133. The van der Waals surface area contributed by atoms with Crippen molar-refractivity contribution in [1.29, 1.82) is 0 Å². The fourth-order valence-electron chi connectivity index (χ4n) is 5.61. The first kappa shape index (κ1) is 26.6. The van der Waals surface area contributed by atoms with Crippen molar-refractivity contribution in [1.82, 2.24) is 19.3 Å². The topological polar surface area (TPSA) is 58.0 Å². The van der Waals surface area contributed by atoms with Gasteiger partial charge in [0.25, 0.3) is 5.91 Å². The number of piperidine rings is 1. The molecule has 202 valence electrons. The highest BCUT2D eigenvalue weighted by Gasteiger charge is 2.29. The Labute approximate surface area is 229 Å². The molecule has 38 heavy (non-hydrogen) atoms. The number of likely N-dealkylation sites (N-methyl/N-ethyl adjacent to an activating group) is 1. The number of carbonyl (C=O) groups excluding carboxylic acids is 2. The van der Waals surface area contributed by atoms with Gasteiger partial charge in [-0.1, -0.05) is 35.9 Å². The molecule has 8 heteroatoms. The maximum Gasteiger partial charge on any atom is 0.256 e. The van der Waals surface area contributed by atoms with E-state index in [1.807, 2.05) is 64.7 Å². The number of ether oxygens (including phenoxy) is 1. The maximum absolute atomic E-state index is 13.7. The van der Waals surface area contributed by atoms with E-state index < -0.39 is 0 Å². The number of hydrogen-bond acceptors (Lipinski definition) is 4.